The van der Waals surface area contributed by atoms with E-state index in [4.69, 9.17) is 5.73 Å². The summed E-state index contributed by atoms with van der Waals surface area (Å²) in [4.78, 5) is 16.6. The van der Waals surface area contributed by atoms with Gasteiger partial charge in [-0.3, -0.25) is 9.78 Å². The van der Waals surface area contributed by atoms with Crippen LogP contribution in [-0.4, -0.2) is 10.8 Å². The van der Waals surface area contributed by atoms with E-state index in [-0.39, 0.29) is 5.78 Å². The number of anilines is 1. The number of nitrogens with zero attached hydrogens (tertiary/aromatic N) is 1. The minimum Gasteiger partial charge on any atom is -0.399 e. The minimum atomic E-state index is -0.0643. The number of para-hydroxylation sites is 1. The predicted octanol–water partition coefficient (Wildman–Crippen LogP) is 3.05. The summed E-state index contributed by atoms with van der Waals surface area (Å²) in [5.41, 5.74) is 8.32. The number of pyridine rings is 1. The highest BCUT2D eigenvalue weighted by atomic mass is 16.1. The first-order chi connectivity index (χ1) is 9.24. The third kappa shape index (κ3) is 2.18. The van der Waals surface area contributed by atoms with Crippen LogP contribution in [0.1, 0.15) is 15.9 Å². The van der Waals surface area contributed by atoms with Crippen molar-refractivity contribution >= 4 is 22.4 Å². The van der Waals surface area contributed by atoms with Gasteiger partial charge < -0.3 is 5.73 Å². The molecule has 3 heteroatoms. The van der Waals surface area contributed by atoms with Crippen molar-refractivity contribution in [3.63, 3.8) is 0 Å². The molecule has 0 amide bonds. The summed E-state index contributed by atoms with van der Waals surface area (Å²) in [7, 11) is 0. The first-order valence-electron chi connectivity index (χ1n) is 5.99. The van der Waals surface area contributed by atoms with Crippen molar-refractivity contribution in [1.82, 2.24) is 4.98 Å². The first-order valence-corrected chi connectivity index (χ1v) is 5.99. The highest BCUT2D eigenvalue weighted by molar-refractivity contribution is 6.10. The van der Waals surface area contributed by atoms with Crippen LogP contribution in [0.4, 0.5) is 5.69 Å². The molecule has 3 rings (SSSR count). The number of aromatic nitrogens is 1. The zero-order chi connectivity index (χ0) is 13.2. The summed E-state index contributed by atoms with van der Waals surface area (Å²) in [6, 6.07) is 16.5. The normalized spacial score (nSPS) is 10.5. The molecule has 3 aromatic rings. The number of hydrogen-bond acceptors (Lipinski definition) is 3. The Kier molecular flexibility index (Phi) is 2.72. The van der Waals surface area contributed by atoms with E-state index >= 15 is 0 Å². The lowest BCUT2D eigenvalue weighted by atomic mass is 10.0. The van der Waals surface area contributed by atoms with Gasteiger partial charge in [-0.15, -0.1) is 0 Å². The molecule has 0 aliphatic carbocycles. The Balaban J connectivity index is 2.06. The number of nitrogen functional groups attached to an aromatic ring is 1. The van der Waals surface area contributed by atoms with Gasteiger partial charge in [-0.25, -0.2) is 0 Å². The van der Waals surface area contributed by atoms with Crippen LogP contribution in [-0.2, 0) is 0 Å². The smallest absolute Gasteiger partial charge is 0.194 e. The fourth-order valence-electron chi connectivity index (χ4n) is 2.04. The Morgan fingerprint density at radius 1 is 0.947 bits per heavy atom. The van der Waals surface area contributed by atoms with Gasteiger partial charge in [-0.05, 0) is 24.3 Å². The summed E-state index contributed by atoms with van der Waals surface area (Å²) in [6.07, 6.45) is 1.61. The van der Waals surface area contributed by atoms with E-state index < -0.39 is 0 Å². The fraction of sp³-hybridized carbons (Fsp3) is 0. The van der Waals surface area contributed by atoms with E-state index in [1.165, 1.54) is 0 Å². The van der Waals surface area contributed by atoms with E-state index in [0.29, 0.717) is 16.8 Å². The van der Waals surface area contributed by atoms with E-state index in [0.717, 1.165) is 10.9 Å². The van der Waals surface area contributed by atoms with Crippen molar-refractivity contribution in [1.29, 1.82) is 0 Å². The SMILES string of the molecule is Nc1cccc(C(=O)c2cnc3ccccc3c2)c1. The van der Waals surface area contributed by atoms with Gasteiger partial charge in [0.05, 0.1) is 5.52 Å². The molecule has 92 valence electrons. The Morgan fingerprint density at radius 3 is 2.63 bits per heavy atom. The molecular weight excluding hydrogens is 236 g/mol. The zero-order valence-corrected chi connectivity index (χ0v) is 10.2. The van der Waals surface area contributed by atoms with Gasteiger partial charge >= 0.3 is 0 Å². The Hall–Kier alpha value is -2.68. The number of fused-ring (bicyclic) bond motifs is 1. The summed E-state index contributed by atoms with van der Waals surface area (Å²) >= 11 is 0. The topological polar surface area (TPSA) is 56.0 Å². The second-order valence-electron chi connectivity index (χ2n) is 4.37. The van der Waals surface area contributed by atoms with Crippen LogP contribution in [0.3, 0.4) is 0 Å². The zero-order valence-electron chi connectivity index (χ0n) is 10.2. The fourth-order valence-corrected chi connectivity index (χ4v) is 2.04. The van der Waals surface area contributed by atoms with Crippen molar-refractivity contribution in [2.75, 3.05) is 5.73 Å². The van der Waals surface area contributed by atoms with Crippen LogP contribution in [0.15, 0.2) is 60.8 Å². The van der Waals surface area contributed by atoms with Crippen LogP contribution in [0.5, 0.6) is 0 Å². The molecule has 0 saturated heterocycles. The largest absolute Gasteiger partial charge is 0.399 e. The lowest BCUT2D eigenvalue weighted by molar-refractivity contribution is 0.103. The van der Waals surface area contributed by atoms with Crippen LogP contribution in [0.2, 0.25) is 0 Å². The molecule has 0 saturated carbocycles. The Labute approximate surface area is 110 Å². The molecule has 0 fully saturated rings. The Morgan fingerprint density at radius 2 is 1.79 bits per heavy atom. The summed E-state index contributed by atoms with van der Waals surface area (Å²) < 4.78 is 0. The van der Waals surface area contributed by atoms with Gasteiger partial charge in [0.1, 0.15) is 0 Å². The lowest BCUT2D eigenvalue weighted by Gasteiger charge is -2.03. The van der Waals surface area contributed by atoms with Crippen LogP contribution >= 0.6 is 0 Å². The molecule has 1 aromatic heterocycles. The van der Waals surface area contributed by atoms with Gasteiger partial charge in [0.15, 0.2) is 5.78 Å². The molecule has 2 N–H and O–H groups in total. The monoisotopic (exact) mass is 248 g/mol. The van der Waals surface area contributed by atoms with Crippen molar-refractivity contribution in [3.05, 3.63) is 71.9 Å². The third-order valence-corrected chi connectivity index (χ3v) is 3.00. The van der Waals surface area contributed by atoms with E-state index in [2.05, 4.69) is 4.98 Å². The summed E-state index contributed by atoms with van der Waals surface area (Å²) in [5, 5.41) is 0.956. The highest BCUT2D eigenvalue weighted by Crippen LogP contribution is 2.17. The minimum absolute atomic E-state index is 0.0643. The van der Waals surface area contributed by atoms with Crippen LogP contribution < -0.4 is 5.73 Å². The number of carbonyl (C=O) groups excluding carboxylic acids is 1. The van der Waals surface area contributed by atoms with Crippen LogP contribution in [0.25, 0.3) is 10.9 Å². The molecule has 0 bridgehead atoms. The average Bonchev–Trinajstić information content (AvgIpc) is 2.46. The molecule has 0 aliphatic heterocycles. The maximum absolute atomic E-state index is 12.3. The number of rotatable bonds is 2. The molecule has 0 aliphatic rings. The van der Waals surface area contributed by atoms with Crippen molar-refractivity contribution in [2.45, 2.75) is 0 Å². The Bertz CT molecular complexity index is 765. The number of hydrogen-bond donors (Lipinski definition) is 1. The van der Waals surface area contributed by atoms with Gasteiger partial charge in [-0.1, -0.05) is 30.3 Å². The van der Waals surface area contributed by atoms with Crippen molar-refractivity contribution < 1.29 is 4.79 Å². The number of benzene rings is 2. The average molecular weight is 248 g/mol. The van der Waals surface area contributed by atoms with Crippen molar-refractivity contribution in [2.24, 2.45) is 0 Å². The lowest BCUT2D eigenvalue weighted by Crippen LogP contribution is -2.02. The number of ketones is 1. The van der Waals surface area contributed by atoms with Crippen LogP contribution in [0, 0.1) is 0 Å². The molecule has 3 nitrogen and oxygen atoms in total. The maximum Gasteiger partial charge on any atom is 0.194 e. The summed E-state index contributed by atoms with van der Waals surface area (Å²) in [5.74, 6) is -0.0643. The molecule has 2 aromatic carbocycles. The third-order valence-electron chi connectivity index (χ3n) is 3.00. The molecule has 1 heterocycles. The molecule has 19 heavy (non-hydrogen) atoms. The second-order valence-corrected chi connectivity index (χ2v) is 4.37. The molecule has 0 atom stereocenters. The predicted molar refractivity (Wildman–Crippen MR) is 76.0 cm³/mol. The van der Waals surface area contributed by atoms with Gasteiger partial charge in [0, 0.05) is 28.4 Å². The van der Waals surface area contributed by atoms with E-state index in [1.54, 1.807) is 30.5 Å². The molecular formula is C16H12N2O. The quantitative estimate of drug-likeness (QED) is 0.560. The van der Waals surface area contributed by atoms with E-state index in [9.17, 15) is 4.79 Å². The summed E-state index contributed by atoms with van der Waals surface area (Å²) in [6.45, 7) is 0. The maximum atomic E-state index is 12.3. The van der Waals surface area contributed by atoms with Gasteiger partial charge in [-0.2, -0.15) is 0 Å². The van der Waals surface area contributed by atoms with E-state index in [1.807, 2.05) is 30.3 Å². The number of carbonyl (C=O) groups is 1. The van der Waals surface area contributed by atoms with Gasteiger partial charge in [0.2, 0.25) is 0 Å². The molecule has 0 radical (unpaired) electrons. The first kappa shape index (κ1) is 11.4. The van der Waals surface area contributed by atoms with Gasteiger partial charge in [0.25, 0.3) is 0 Å². The number of nitrogens with two attached hydrogens (primary N) is 1. The molecule has 0 spiro atoms. The molecule has 0 unspecified atom stereocenters. The van der Waals surface area contributed by atoms with Crippen molar-refractivity contribution in [3.8, 4) is 0 Å². The second kappa shape index (κ2) is 4.53. The standard InChI is InChI=1S/C16H12N2O/c17-14-6-3-5-12(9-14)16(19)13-8-11-4-1-2-7-15(11)18-10-13/h1-10H,17H2. The highest BCUT2D eigenvalue weighted by Gasteiger charge is 2.10.